The van der Waals surface area contributed by atoms with Crippen molar-refractivity contribution in [2.45, 2.75) is 19.5 Å². The monoisotopic (exact) mass is 443 g/mol. The zero-order valence-electron chi connectivity index (χ0n) is 18.5. The van der Waals surface area contributed by atoms with Gasteiger partial charge in [-0.1, -0.05) is 13.0 Å². The summed E-state index contributed by atoms with van der Waals surface area (Å²) in [5.74, 6) is 0.618. The van der Waals surface area contributed by atoms with Crippen molar-refractivity contribution < 1.29 is 14.2 Å². The van der Waals surface area contributed by atoms with E-state index in [1.165, 1.54) is 5.56 Å². The summed E-state index contributed by atoms with van der Waals surface area (Å²) in [7, 11) is 0. The maximum absolute atomic E-state index is 9.74. The fourth-order valence-electron chi connectivity index (χ4n) is 4.36. The highest BCUT2D eigenvalue weighted by atomic mass is 16.5. The molecule has 2 aromatic heterocycles. The molecule has 0 atom stereocenters. The maximum atomic E-state index is 9.74. The van der Waals surface area contributed by atoms with Gasteiger partial charge in [-0.25, -0.2) is 0 Å². The number of aromatic amines is 1. The van der Waals surface area contributed by atoms with Crippen molar-refractivity contribution in [2.75, 3.05) is 37.9 Å². The second-order valence-electron chi connectivity index (χ2n) is 9.32. The second kappa shape index (κ2) is 7.80. The number of nitrogens with zero attached hydrogens (tertiary/aromatic N) is 4. The summed E-state index contributed by atoms with van der Waals surface area (Å²) in [5, 5.41) is 14.3. The summed E-state index contributed by atoms with van der Waals surface area (Å²) in [6.45, 7) is 6.22. The molecule has 1 aromatic carbocycles. The molecule has 0 unspecified atom stereocenters. The van der Waals surface area contributed by atoms with E-state index in [1.54, 1.807) is 0 Å². The van der Waals surface area contributed by atoms with Crippen LogP contribution in [-0.4, -0.2) is 47.8 Å². The van der Waals surface area contributed by atoms with Crippen molar-refractivity contribution >= 4 is 11.8 Å². The lowest BCUT2D eigenvalue weighted by Gasteiger charge is -2.37. The molecule has 6 rings (SSSR count). The Morgan fingerprint density at radius 3 is 2.91 bits per heavy atom. The van der Waals surface area contributed by atoms with Crippen molar-refractivity contribution in [1.29, 1.82) is 5.26 Å². The molecular formula is C25H25N5O3. The summed E-state index contributed by atoms with van der Waals surface area (Å²) in [6, 6.07) is 8.46. The molecule has 3 aromatic rings. The van der Waals surface area contributed by atoms with Crippen molar-refractivity contribution in [2.24, 2.45) is 5.41 Å². The number of nitriles is 1. The van der Waals surface area contributed by atoms with Gasteiger partial charge in [0.15, 0.2) is 0 Å². The van der Waals surface area contributed by atoms with Crippen LogP contribution in [0, 0.1) is 16.7 Å². The fraction of sp³-hybridized carbons (Fsp3) is 0.360. The molecule has 0 amide bonds. The predicted molar refractivity (Wildman–Crippen MR) is 123 cm³/mol. The van der Waals surface area contributed by atoms with Crippen LogP contribution in [0.4, 0.5) is 5.69 Å². The van der Waals surface area contributed by atoms with Crippen LogP contribution in [0.2, 0.25) is 0 Å². The first-order valence-electron chi connectivity index (χ1n) is 11.1. The van der Waals surface area contributed by atoms with Crippen molar-refractivity contribution in [3.63, 3.8) is 0 Å². The molecule has 8 heteroatoms. The van der Waals surface area contributed by atoms with Crippen LogP contribution in [0.3, 0.4) is 0 Å². The Balaban J connectivity index is 1.23. The van der Waals surface area contributed by atoms with Gasteiger partial charge in [-0.15, -0.1) is 0 Å². The topological polar surface area (TPSA) is 88.3 Å². The normalized spacial score (nSPS) is 18.8. The zero-order valence-corrected chi connectivity index (χ0v) is 18.5. The Kier molecular flexibility index (Phi) is 4.75. The molecule has 0 bridgehead atoms. The number of H-pyrrole nitrogens is 1. The summed E-state index contributed by atoms with van der Waals surface area (Å²) in [4.78, 5) is 5.56. The molecule has 33 heavy (non-hydrogen) atoms. The Morgan fingerprint density at radius 1 is 1.30 bits per heavy atom. The number of fused-ring (bicyclic) bond motifs is 1. The third kappa shape index (κ3) is 3.59. The lowest BCUT2D eigenvalue weighted by Crippen LogP contribution is -2.44. The number of benzene rings is 1. The van der Waals surface area contributed by atoms with Gasteiger partial charge in [-0.2, -0.15) is 10.4 Å². The molecule has 0 radical (unpaired) electrons. The van der Waals surface area contributed by atoms with Gasteiger partial charge in [0.25, 0.3) is 0 Å². The molecule has 0 saturated carbocycles. The first kappa shape index (κ1) is 20.1. The third-order valence-electron chi connectivity index (χ3n) is 6.57. The maximum Gasteiger partial charge on any atom is 0.137 e. The van der Waals surface area contributed by atoms with Gasteiger partial charge in [-0.05, 0) is 23.8 Å². The zero-order chi connectivity index (χ0) is 22.4. The number of nitrogens with one attached hydrogen (secondary N) is 1. The smallest absolute Gasteiger partial charge is 0.137 e. The molecule has 5 heterocycles. The highest BCUT2D eigenvalue weighted by Gasteiger charge is 2.34. The number of ether oxygens (including phenoxy) is 3. The Bertz CT molecular complexity index is 1260. The van der Waals surface area contributed by atoms with Gasteiger partial charge in [0, 0.05) is 40.8 Å². The largest absolute Gasteiger partial charge is 0.491 e. The minimum Gasteiger partial charge on any atom is -0.491 e. The molecular weight excluding hydrogens is 418 g/mol. The molecule has 0 aliphatic carbocycles. The Labute approximate surface area is 192 Å². The average molecular weight is 444 g/mol. The van der Waals surface area contributed by atoms with Crippen LogP contribution < -0.4 is 9.64 Å². The van der Waals surface area contributed by atoms with Crippen LogP contribution in [0.1, 0.15) is 29.8 Å². The minimum atomic E-state index is 0.0281. The van der Waals surface area contributed by atoms with Crippen molar-refractivity contribution in [3.05, 3.63) is 59.8 Å². The van der Waals surface area contributed by atoms with Crippen LogP contribution in [0.5, 0.6) is 5.75 Å². The highest BCUT2D eigenvalue weighted by molar-refractivity contribution is 5.76. The average Bonchev–Trinajstić information content (AvgIpc) is 3.42. The number of hydrogen-bond acceptors (Lipinski definition) is 6. The minimum absolute atomic E-state index is 0.0281. The second-order valence-corrected chi connectivity index (χ2v) is 9.32. The molecule has 2 saturated heterocycles. The number of rotatable bonds is 6. The van der Waals surface area contributed by atoms with Crippen LogP contribution in [0.15, 0.2) is 43.0 Å². The molecule has 8 nitrogen and oxygen atoms in total. The molecule has 2 fully saturated rings. The van der Waals surface area contributed by atoms with Crippen LogP contribution in [-0.2, 0) is 16.0 Å². The van der Waals surface area contributed by atoms with E-state index < -0.39 is 0 Å². The van der Waals surface area contributed by atoms with Crippen molar-refractivity contribution in [1.82, 2.24) is 14.8 Å². The van der Waals surface area contributed by atoms with Gasteiger partial charge in [0.1, 0.15) is 11.8 Å². The van der Waals surface area contributed by atoms with Gasteiger partial charge >= 0.3 is 0 Å². The lowest BCUT2D eigenvalue weighted by atomic mass is 9.90. The van der Waals surface area contributed by atoms with Crippen LogP contribution >= 0.6 is 0 Å². The fourth-order valence-corrected chi connectivity index (χ4v) is 4.36. The molecule has 168 valence electrons. The Hall–Kier alpha value is -3.54. The quantitative estimate of drug-likeness (QED) is 0.625. The van der Waals surface area contributed by atoms with Gasteiger partial charge in [-0.3, -0.25) is 4.68 Å². The van der Waals surface area contributed by atoms with Crippen molar-refractivity contribution in [3.8, 4) is 22.9 Å². The summed E-state index contributed by atoms with van der Waals surface area (Å²) in [5.41, 5.74) is 5.96. The van der Waals surface area contributed by atoms with E-state index in [4.69, 9.17) is 14.2 Å². The summed E-state index contributed by atoms with van der Waals surface area (Å²) >= 11 is 0. The SMILES string of the molecule is CC1(COc2ccc(-c3c[nH]c4c3CN(c3cnn(C5COC5)c3)C=C4)cc2C#N)COC1. The number of hydrogen-bond donors (Lipinski definition) is 1. The first-order valence-corrected chi connectivity index (χ1v) is 11.1. The summed E-state index contributed by atoms with van der Waals surface area (Å²) < 4.78 is 18.5. The lowest BCUT2D eigenvalue weighted by molar-refractivity contribution is -0.120. The highest BCUT2D eigenvalue weighted by Crippen LogP contribution is 2.35. The number of anilines is 1. The van der Waals surface area contributed by atoms with Gasteiger partial charge < -0.3 is 24.1 Å². The Morgan fingerprint density at radius 2 is 2.18 bits per heavy atom. The molecule has 1 N–H and O–H groups in total. The van der Waals surface area contributed by atoms with E-state index in [9.17, 15) is 5.26 Å². The van der Waals surface area contributed by atoms with E-state index in [0.717, 1.165) is 42.3 Å². The standard InChI is InChI=1S/C25H25N5O3/c1-25(14-32-15-25)16-33-24-3-2-17(6-18(24)7-26)21-9-27-23-4-5-29(11-22(21)23)19-8-28-30(10-19)20-12-31-13-20/h2-6,8-10,20,27H,11-16H2,1H3. The molecule has 3 aliphatic rings. The molecule has 3 aliphatic heterocycles. The van der Waals surface area contributed by atoms with E-state index >= 15 is 0 Å². The van der Waals surface area contributed by atoms with Gasteiger partial charge in [0.05, 0.1) is 63.1 Å². The summed E-state index contributed by atoms with van der Waals surface area (Å²) in [6.07, 6.45) is 10.1. The van der Waals surface area contributed by atoms with Crippen LogP contribution in [0.25, 0.3) is 17.2 Å². The van der Waals surface area contributed by atoms with Gasteiger partial charge in [0.2, 0.25) is 0 Å². The van der Waals surface area contributed by atoms with E-state index in [0.29, 0.717) is 37.2 Å². The first-order chi connectivity index (χ1) is 16.1. The third-order valence-corrected chi connectivity index (χ3v) is 6.57. The predicted octanol–water partition coefficient (Wildman–Crippen LogP) is 3.73. The number of aromatic nitrogens is 3. The van der Waals surface area contributed by atoms with E-state index in [2.05, 4.69) is 46.4 Å². The van der Waals surface area contributed by atoms with E-state index in [1.807, 2.05) is 35.3 Å². The van der Waals surface area contributed by atoms with E-state index in [-0.39, 0.29) is 5.41 Å². The molecule has 0 spiro atoms.